The van der Waals surface area contributed by atoms with Crippen molar-refractivity contribution >= 4 is 34.3 Å². The average molecular weight is 373 g/mol. The van der Waals surface area contributed by atoms with Crippen molar-refractivity contribution in [3.8, 4) is 17.1 Å². The first-order valence-corrected chi connectivity index (χ1v) is 8.20. The molecule has 0 saturated heterocycles. The van der Waals surface area contributed by atoms with E-state index in [2.05, 4.69) is 20.0 Å². The van der Waals surface area contributed by atoms with Crippen LogP contribution in [-0.4, -0.2) is 40.7 Å². The van der Waals surface area contributed by atoms with E-state index >= 15 is 0 Å². The van der Waals surface area contributed by atoms with Gasteiger partial charge in [-0.2, -0.15) is 0 Å². The van der Waals surface area contributed by atoms with Gasteiger partial charge in [-0.1, -0.05) is 23.7 Å². The first-order valence-electron chi connectivity index (χ1n) is 7.82. The van der Waals surface area contributed by atoms with E-state index in [1.807, 2.05) is 24.3 Å². The molecule has 8 heteroatoms. The fourth-order valence-electron chi connectivity index (χ4n) is 2.46. The third kappa shape index (κ3) is 3.68. The number of para-hydroxylation sites is 1. The number of benzene rings is 2. The summed E-state index contributed by atoms with van der Waals surface area (Å²) in [5.41, 5.74) is 6.85. The number of ether oxygens (including phenoxy) is 1. The monoisotopic (exact) mass is 372 g/mol. The Hall–Kier alpha value is -2.90. The fraction of sp³-hybridized carbons (Fsp3) is 0.167. The number of carbonyl (C=O) groups is 1. The maximum atomic E-state index is 11.5. The third-order valence-corrected chi connectivity index (χ3v) is 4.03. The van der Waals surface area contributed by atoms with Gasteiger partial charge in [0.2, 0.25) is 0 Å². The van der Waals surface area contributed by atoms with Crippen LogP contribution in [0.5, 0.6) is 5.75 Å². The Kier molecular flexibility index (Phi) is 5.20. The van der Waals surface area contributed by atoms with Gasteiger partial charge in [0.25, 0.3) is 0 Å². The smallest absolute Gasteiger partial charge is 0.324 e. The lowest BCUT2D eigenvalue weighted by molar-refractivity contribution is -0.141. The number of phenols is 1. The molecule has 3 rings (SSSR count). The topological polar surface area (TPSA) is 110 Å². The zero-order chi connectivity index (χ0) is 18.7. The highest BCUT2D eigenvalue weighted by Gasteiger charge is 2.16. The Labute approximate surface area is 154 Å². The number of carbonyl (C=O) groups excluding carboxylic acids is 1. The highest BCUT2D eigenvalue weighted by Crippen LogP contribution is 2.32. The largest absolute Gasteiger partial charge is 0.507 e. The van der Waals surface area contributed by atoms with Crippen molar-refractivity contribution in [3.05, 3.63) is 47.5 Å². The molecule has 26 heavy (non-hydrogen) atoms. The number of halogens is 1. The van der Waals surface area contributed by atoms with Crippen LogP contribution in [0.1, 0.15) is 0 Å². The molecule has 0 amide bonds. The number of aromatic hydroxyl groups is 1. The number of rotatable bonds is 5. The molecular weight excluding hydrogens is 356 g/mol. The van der Waals surface area contributed by atoms with Crippen molar-refractivity contribution in [1.82, 2.24) is 9.97 Å². The predicted molar refractivity (Wildman–Crippen MR) is 100 cm³/mol. The number of methoxy groups -OCH3 is 1. The minimum atomic E-state index is -0.836. The van der Waals surface area contributed by atoms with Crippen molar-refractivity contribution in [2.24, 2.45) is 5.73 Å². The van der Waals surface area contributed by atoms with Gasteiger partial charge in [-0.05, 0) is 30.3 Å². The maximum Gasteiger partial charge on any atom is 0.324 e. The van der Waals surface area contributed by atoms with Gasteiger partial charge in [0.1, 0.15) is 17.6 Å². The zero-order valence-corrected chi connectivity index (χ0v) is 14.7. The molecule has 7 nitrogen and oxygen atoms in total. The molecular formula is C18H17ClN4O3. The van der Waals surface area contributed by atoms with Gasteiger partial charge in [0, 0.05) is 17.0 Å². The maximum absolute atomic E-state index is 11.5. The summed E-state index contributed by atoms with van der Waals surface area (Å²) >= 11 is 6.03. The SMILES string of the molecule is COC(=O)[C@@H](N)CNc1nc(-c2cc(Cl)ccc2O)nc2ccccc12. The minimum absolute atomic E-state index is 0.0156. The second-order valence-electron chi connectivity index (χ2n) is 5.58. The highest BCUT2D eigenvalue weighted by molar-refractivity contribution is 6.30. The summed E-state index contributed by atoms with van der Waals surface area (Å²) in [6.45, 7) is 0.134. The van der Waals surface area contributed by atoms with E-state index in [-0.39, 0.29) is 12.3 Å². The number of aromatic nitrogens is 2. The number of anilines is 1. The van der Waals surface area contributed by atoms with Crippen LogP contribution in [0.25, 0.3) is 22.3 Å². The number of fused-ring (bicyclic) bond motifs is 1. The van der Waals surface area contributed by atoms with Crippen molar-refractivity contribution in [1.29, 1.82) is 0 Å². The molecule has 0 aliphatic carbocycles. The van der Waals surface area contributed by atoms with E-state index < -0.39 is 12.0 Å². The molecule has 2 aromatic carbocycles. The molecule has 0 spiro atoms. The van der Waals surface area contributed by atoms with Crippen LogP contribution in [-0.2, 0) is 9.53 Å². The van der Waals surface area contributed by atoms with Gasteiger partial charge in [0.05, 0.1) is 18.2 Å². The molecule has 0 unspecified atom stereocenters. The van der Waals surface area contributed by atoms with Crippen LogP contribution in [0.4, 0.5) is 5.82 Å². The number of phenolic OH excluding ortho intramolecular Hbond substituents is 1. The molecule has 0 fully saturated rings. The van der Waals surface area contributed by atoms with E-state index in [0.29, 0.717) is 27.7 Å². The number of hydrogen-bond donors (Lipinski definition) is 3. The van der Waals surface area contributed by atoms with Gasteiger partial charge in [-0.25, -0.2) is 9.97 Å². The van der Waals surface area contributed by atoms with Crippen molar-refractivity contribution in [2.75, 3.05) is 19.0 Å². The molecule has 3 aromatic rings. The third-order valence-electron chi connectivity index (χ3n) is 3.80. The fourth-order valence-corrected chi connectivity index (χ4v) is 2.63. The molecule has 1 aromatic heterocycles. The van der Waals surface area contributed by atoms with Crippen LogP contribution in [0, 0.1) is 0 Å². The Balaban J connectivity index is 2.04. The Morgan fingerprint density at radius 1 is 1.31 bits per heavy atom. The van der Waals surface area contributed by atoms with Gasteiger partial charge in [0.15, 0.2) is 5.82 Å². The van der Waals surface area contributed by atoms with Gasteiger partial charge < -0.3 is 20.9 Å². The summed E-state index contributed by atoms with van der Waals surface area (Å²) in [6.07, 6.45) is 0. The average Bonchev–Trinajstić information content (AvgIpc) is 2.66. The molecule has 134 valence electrons. The number of nitrogens with one attached hydrogen (secondary N) is 1. The number of nitrogens with two attached hydrogens (primary N) is 1. The molecule has 1 heterocycles. The van der Waals surface area contributed by atoms with Crippen molar-refractivity contribution in [2.45, 2.75) is 6.04 Å². The summed E-state index contributed by atoms with van der Waals surface area (Å²) in [7, 11) is 1.28. The first-order chi connectivity index (χ1) is 12.5. The number of hydrogen-bond acceptors (Lipinski definition) is 7. The van der Waals surface area contributed by atoms with Crippen LogP contribution in [0.3, 0.4) is 0 Å². The van der Waals surface area contributed by atoms with Gasteiger partial charge in [-0.3, -0.25) is 4.79 Å². The quantitative estimate of drug-likeness (QED) is 0.590. The Bertz CT molecular complexity index is 964. The standard InChI is InChI=1S/C18H17ClN4O3/c1-26-18(25)13(20)9-21-16-11-4-2-3-5-14(11)22-17(23-16)12-8-10(19)6-7-15(12)24/h2-8,13,24H,9,20H2,1H3,(H,21,22,23)/t13-/m0/s1. The van der Waals surface area contributed by atoms with Crippen LogP contribution >= 0.6 is 11.6 Å². The Morgan fingerprint density at radius 3 is 2.85 bits per heavy atom. The van der Waals surface area contributed by atoms with Crippen molar-refractivity contribution < 1.29 is 14.6 Å². The lowest BCUT2D eigenvalue weighted by Crippen LogP contribution is -2.38. The zero-order valence-electron chi connectivity index (χ0n) is 13.9. The number of esters is 1. The molecule has 0 radical (unpaired) electrons. The number of nitrogens with zero attached hydrogens (tertiary/aromatic N) is 2. The Morgan fingerprint density at radius 2 is 2.08 bits per heavy atom. The summed E-state index contributed by atoms with van der Waals surface area (Å²) in [6, 6.07) is 11.2. The highest BCUT2D eigenvalue weighted by atomic mass is 35.5. The molecule has 0 bridgehead atoms. The summed E-state index contributed by atoms with van der Waals surface area (Å²) < 4.78 is 4.63. The lowest BCUT2D eigenvalue weighted by atomic mass is 10.1. The van der Waals surface area contributed by atoms with E-state index in [9.17, 15) is 9.90 Å². The van der Waals surface area contributed by atoms with E-state index in [4.69, 9.17) is 17.3 Å². The predicted octanol–water partition coefficient (Wildman–Crippen LogP) is 2.57. The van der Waals surface area contributed by atoms with Crippen LogP contribution in [0.2, 0.25) is 5.02 Å². The lowest BCUT2D eigenvalue weighted by Gasteiger charge is -2.14. The summed E-state index contributed by atoms with van der Waals surface area (Å²) in [5.74, 6) is 0.285. The van der Waals surface area contributed by atoms with E-state index in [1.165, 1.54) is 13.2 Å². The molecule has 4 N–H and O–H groups in total. The minimum Gasteiger partial charge on any atom is -0.507 e. The van der Waals surface area contributed by atoms with Gasteiger partial charge in [-0.15, -0.1) is 0 Å². The van der Waals surface area contributed by atoms with E-state index in [1.54, 1.807) is 12.1 Å². The first kappa shape index (κ1) is 17.9. The second kappa shape index (κ2) is 7.55. The van der Waals surface area contributed by atoms with E-state index in [0.717, 1.165) is 5.39 Å². The van der Waals surface area contributed by atoms with Crippen LogP contribution in [0.15, 0.2) is 42.5 Å². The van der Waals surface area contributed by atoms with Gasteiger partial charge >= 0.3 is 5.97 Å². The normalized spacial score (nSPS) is 12.0. The summed E-state index contributed by atoms with van der Waals surface area (Å²) in [5, 5.41) is 14.4. The molecule has 0 saturated carbocycles. The van der Waals surface area contributed by atoms with Crippen LogP contribution < -0.4 is 11.1 Å². The second-order valence-corrected chi connectivity index (χ2v) is 6.02. The van der Waals surface area contributed by atoms with Crippen molar-refractivity contribution in [3.63, 3.8) is 0 Å². The summed E-state index contributed by atoms with van der Waals surface area (Å²) in [4.78, 5) is 20.5. The molecule has 0 aliphatic heterocycles. The molecule has 1 atom stereocenters. The molecule has 0 aliphatic rings.